The summed E-state index contributed by atoms with van der Waals surface area (Å²) in [4.78, 5) is 42.9. The van der Waals surface area contributed by atoms with Gasteiger partial charge in [-0.2, -0.15) is 0 Å². The molecule has 8 heteroatoms. The predicted molar refractivity (Wildman–Crippen MR) is 119 cm³/mol. The van der Waals surface area contributed by atoms with Gasteiger partial charge in [0.25, 0.3) is 0 Å². The molecular formula is C24H38N2O6. The largest absolute Gasteiger partial charge is 0.481 e. The molecule has 3 fully saturated rings. The van der Waals surface area contributed by atoms with Crippen LogP contribution in [0.3, 0.4) is 0 Å². The lowest BCUT2D eigenvalue weighted by Gasteiger charge is -2.39. The summed E-state index contributed by atoms with van der Waals surface area (Å²) in [5, 5.41) is 20.1. The molecule has 0 radical (unpaired) electrons. The number of rotatable bonds is 12. The Kier molecular flexibility index (Phi) is 7.65. The molecule has 1 spiro atoms. The van der Waals surface area contributed by atoms with Crippen molar-refractivity contribution in [1.82, 2.24) is 9.80 Å². The topological polar surface area (TPSA) is 107 Å². The SMILES string of the molecule is C=CCN(CCCCC)C(=O)[C@@H]1N([C@@H](CO)CC(C)C)C(=O)[C@H]2[C@H](C(=O)O)[C@@H]3CC[C@]12O3. The van der Waals surface area contributed by atoms with E-state index >= 15 is 0 Å². The van der Waals surface area contributed by atoms with Gasteiger partial charge in [-0.25, -0.2) is 0 Å². The Bertz CT molecular complexity index is 740. The van der Waals surface area contributed by atoms with Crippen LogP contribution in [0.15, 0.2) is 12.7 Å². The molecule has 3 aliphatic rings. The molecule has 2 bridgehead atoms. The van der Waals surface area contributed by atoms with Crippen LogP contribution in [0.25, 0.3) is 0 Å². The lowest BCUT2D eigenvalue weighted by atomic mass is 9.70. The molecule has 0 aromatic rings. The number of unbranched alkanes of at least 4 members (excludes halogenated alkanes) is 2. The third-order valence-electron chi connectivity index (χ3n) is 7.30. The molecule has 0 aromatic heterocycles. The van der Waals surface area contributed by atoms with Crippen molar-refractivity contribution >= 4 is 17.8 Å². The minimum atomic E-state index is -1.14. The number of fused-ring (bicyclic) bond motifs is 1. The van der Waals surface area contributed by atoms with Gasteiger partial charge in [0.1, 0.15) is 11.6 Å². The minimum absolute atomic E-state index is 0.190. The highest BCUT2D eigenvalue weighted by atomic mass is 16.5. The van der Waals surface area contributed by atoms with Crippen molar-refractivity contribution in [3.05, 3.63) is 12.7 Å². The molecule has 3 heterocycles. The molecule has 3 aliphatic heterocycles. The highest BCUT2D eigenvalue weighted by Gasteiger charge is 2.75. The van der Waals surface area contributed by atoms with E-state index in [9.17, 15) is 24.6 Å². The lowest BCUT2D eigenvalue weighted by molar-refractivity contribution is -0.153. The number of aliphatic hydroxyl groups excluding tert-OH is 1. The second-order valence-electron chi connectivity index (χ2n) is 9.89. The standard InChI is InChI=1S/C24H38N2O6/c1-5-7-8-12-25(11-6-2)22(29)20-24-10-9-17(32-24)18(23(30)31)19(24)21(28)26(20)16(14-27)13-15(3)4/h6,15-20,27H,2,5,7-14H2,1,3-4H3,(H,30,31)/t16-,17+,18-,19-,20+,24-/m1/s1. The molecule has 0 saturated carbocycles. The van der Waals surface area contributed by atoms with Crippen LogP contribution in [0.2, 0.25) is 0 Å². The summed E-state index contributed by atoms with van der Waals surface area (Å²) in [5.41, 5.74) is -1.14. The molecule has 3 saturated heterocycles. The Balaban J connectivity index is 2.03. The Morgan fingerprint density at radius 2 is 2.09 bits per heavy atom. The second kappa shape index (κ2) is 9.91. The number of carboxylic acids is 1. The highest BCUT2D eigenvalue weighted by molar-refractivity contribution is 5.98. The summed E-state index contributed by atoms with van der Waals surface area (Å²) in [6.07, 6.45) is 5.47. The van der Waals surface area contributed by atoms with Crippen molar-refractivity contribution in [2.75, 3.05) is 19.7 Å². The van der Waals surface area contributed by atoms with Gasteiger partial charge in [0.15, 0.2) is 0 Å². The van der Waals surface area contributed by atoms with E-state index in [2.05, 4.69) is 13.5 Å². The first kappa shape index (κ1) is 24.7. The van der Waals surface area contributed by atoms with Crippen LogP contribution < -0.4 is 0 Å². The summed E-state index contributed by atoms with van der Waals surface area (Å²) in [5.74, 6) is -3.32. The summed E-state index contributed by atoms with van der Waals surface area (Å²) in [6, 6.07) is -1.48. The van der Waals surface area contributed by atoms with Gasteiger partial charge in [0.2, 0.25) is 11.8 Å². The van der Waals surface area contributed by atoms with E-state index in [4.69, 9.17) is 4.74 Å². The molecule has 2 N–H and O–H groups in total. The number of amides is 2. The molecule has 6 atom stereocenters. The fourth-order valence-electron chi connectivity index (χ4n) is 6.04. The lowest BCUT2D eigenvalue weighted by Crippen LogP contribution is -2.59. The fraction of sp³-hybridized carbons (Fsp3) is 0.792. The van der Waals surface area contributed by atoms with Crippen LogP contribution in [0.4, 0.5) is 0 Å². The van der Waals surface area contributed by atoms with Crippen molar-refractivity contribution in [2.24, 2.45) is 17.8 Å². The first-order valence-corrected chi connectivity index (χ1v) is 12.0. The molecule has 2 amide bonds. The quantitative estimate of drug-likeness (QED) is 0.348. The van der Waals surface area contributed by atoms with E-state index in [1.165, 1.54) is 4.90 Å². The maximum Gasteiger partial charge on any atom is 0.310 e. The third kappa shape index (κ3) is 4.07. The number of likely N-dealkylation sites (tertiary alicyclic amines) is 1. The second-order valence-corrected chi connectivity index (χ2v) is 9.89. The van der Waals surface area contributed by atoms with Crippen molar-refractivity contribution < 1.29 is 29.3 Å². The molecule has 32 heavy (non-hydrogen) atoms. The van der Waals surface area contributed by atoms with Gasteiger partial charge in [-0.1, -0.05) is 39.7 Å². The van der Waals surface area contributed by atoms with Gasteiger partial charge >= 0.3 is 5.97 Å². The maximum absolute atomic E-state index is 14.0. The van der Waals surface area contributed by atoms with Gasteiger partial charge in [0, 0.05) is 13.1 Å². The molecule has 0 aliphatic carbocycles. The van der Waals surface area contributed by atoms with Gasteiger partial charge in [-0.05, 0) is 31.6 Å². The van der Waals surface area contributed by atoms with Crippen molar-refractivity contribution in [2.45, 2.75) is 83.1 Å². The number of carbonyl (C=O) groups is 3. The van der Waals surface area contributed by atoms with E-state index in [0.29, 0.717) is 32.4 Å². The summed E-state index contributed by atoms with van der Waals surface area (Å²) >= 11 is 0. The van der Waals surface area contributed by atoms with Gasteiger partial charge in [-0.15, -0.1) is 6.58 Å². The van der Waals surface area contributed by atoms with Crippen molar-refractivity contribution in [3.8, 4) is 0 Å². The highest BCUT2D eigenvalue weighted by Crippen LogP contribution is 2.59. The Labute approximate surface area is 190 Å². The van der Waals surface area contributed by atoms with Crippen LogP contribution in [0.5, 0.6) is 0 Å². The number of aliphatic carboxylic acids is 1. The minimum Gasteiger partial charge on any atom is -0.481 e. The summed E-state index contributed by atoms with van der Waals surface area (Å²) < 4.78 is 6.25. The van der Waals surface area contributed by atoms with Crippen LogP contribution in [0, 0.1) is 17.8 Å². The smallest absolute Gasteiger partial charge is 0.310 e. The number of hydrogen-bond donors (Lipinski definition) is 2. The zero-order chi connectivity index (χ0) is 23.6. The molecule has 0 unspecified atom stereocenters. The van der Waals surface area contributed by atoms with Crippen LogP contribution in [-0.2, 0) is 19.1 Å². The number of nitrogens with zero attached hydrogens (tertiary/aromatic N) is 2. The Morgan fingerprint density at radius 3 is 2.66 bits per heavy atom. The first-order valence-electron chi connectivity index (χ1n) is 12.0. The Hall–Kier alpha value is -1.93. The normalized spacial score (nSPS) is 31.8. The average Bonchev–Trinajstić information content (AvgIpc) is 3.38. The van der Waals surface area contributed by atoms with Gasteiger partial charge in [-0.3, -0.25) is 14.4 Å². The van der Waals surface area contributed by atoms with E-state index in [1.54, 1.807) is 11.0 Å². The monoisotopic (exact) mass is 450 g/mol. The number of carbonyl (C=O) groups excluding carboxylic acids is 2. The molecular weight excluding hydrogens is 412 g/mol. The molecule has 3 rings (SSSR count). The van der Waals surface area contributed by atoms with Crippen LogP contribution in [0.1, 0.15) is 59.3 Å². The molecule has 8 nitrogen and oxygen atoms in total. The number of ether oxygens (including phenoxy) is 1. The zero-order valence-electron chi connectivity index (χ0n) is 19.5. The Morgan fingerprint density at radius 1 is 1.38 bits per heavy atom. The van der Waals surface area contributed by atoms with E-state index < -0.39 is 41.6 Å². The summed E-state index contributed by atoms with van der Waals surface area (Å²) in [7, 11) is 0. The molecule has 180 valence electrons. The number of carboxylic acid groups (broad SMARTS) is 1. The van der Waals surface area contributed by atoms with Gasteiger partial charge in [0.05, 0.1) is 30.6 Å². The maximum atomic E-state index is 14.0. The van der Waals surface area contributed by atoms with Gasteiger partial charge < -0.3 is 24.7 Å². The average molecular weight is 451 g/mol. The fourth-order valence-corrected chi connectivity index (χ4v) is 6.04. The van der Waals surface area contributed by atoms with E-state index in [-0.39, 0.29) is 24.3 Å². The van der Waals surface area contributed by atoms with E-state index in [0.717, 1.165) is 19.3 Å². The third-order valence-corrected chi connectivity index (χ3v) is 7.30. The van der Waals surface area contributed by atoms with Crippen molar-refractivity contribution in [1.29, 1.82) is 0 Å². The van der Waals surface area contributed by atoms with Crippen molar-refractivity contribution in [3.63, 3.8) is 0 Å². The van der Waals surface area contributed by atoms with Crippen LogP contribution >= 0.6 is 0 Å². The van der Waals surface area contributed by atoms with Crippen LogP contribution in [-0.4, -0.2) is 81.3 Å². The predicted octanol–water partition coefficient (Wildman–Crippen LogP) is 2.06. The summed E-state index contributed by atoms with van der Waals surface area (Å²) in [6.45, 7) is 10.5. The zero-order valence-corrected chi connectivity index (χ0v) is 19.5. The van der Waals surface area contributed by atoms with E-state index in [1.807, 2.05) is 13.8 Å². The number of aliphatic hydroxyl groups is 1. The molecule has 0 aromatic carbocycles. The number of hydrogen-bond acceptors (Lipinski definition) is 5. The first-order chi connectivity index (χ1) is 15.2.